The molecule has 0 N–H and O–H groups in total. The molecule has 0 bridgehead atoms. The van der Waals surface area contributed by atoms with E-state index in [-0.39, 0.29) is 6.71 Å². The monoisotopic (exact) mass is 1040 g/mol. The molecule has 0 aliphatic carbocycles. The number of anilines is 6. The third-order valence-corrected chi connectivity index (χ3v) is 18.1. The molecule has 3 heterocycles. The molecule has 0 amide bonds. The predicted molar refractivity (Wildman–Crippen MR) is 351 cm³/mol. The molecule has 0 radical (unpaired) electrons. The first-order valence-corrected chi connectivity index (χ1v) is 28.5. The van der Waals surface area contributed by atoms with E-state index in [1.165, 1.54) is 131 Å². The van der Waals surface area contributed by atoms with Gasteiger partial charge in [0.05, 0.1) is 11.0 Å². The number of hydrogen-bond acceptors (Lipinski definition) is 2. The van der Waals surface area contributed by atoms with Crippen LogP contribution >= 0.6 is 0 Å². The van der Waals surface area contributed by atoms with Crippen LogP contribution in [0.3, 0.4) is 0 Å². The van der Waals surface area contributed by atoms with Crippen molar-refractivity contribution in [3.63, 3.8) is 0 Å². The number of nitrogens with zero attached hydrogens (tertiary/aromatic N) is 3. The Balaban J connectivity index is 0.976. The molecule has 0 unspecified atom stereocenters. The van der Waals surface area contributed by atoms with Crippen LogP contribution < -0.4 is 26.2 Å². The average Bonchev–Trinajstić information content (AvgIpc) is 2.03. The van der Waals surface area contributed by atoms with Crippen molar-refractivity contribution < 1.29 is 0 Å². The van der Waals surface area contributed by atoms with E-state index in [1.54, 1.807) is 0 Å². The molecule has 18 rings (SSSR count). The Hall–Kier alpha value is -10.7. The molecule has 3 nitrogen and oxygen atoms in total. The maximum Gasteiger partial charge on any atom is 0.252 e. The second-order valence-corrected chi connectivity index (χ2v) is 22.3. The van der Waals surface area contributed by atoms with Crippen molar-refractivity contribution in [2.45, 2.75) is 0 Å². The van der Waals surface area contributed by atoms with E-state index in [0.717, 1.165) is 34.0 Å². The molecule has 16 aromatic rings. The van der Waals surface area contributed by atoms with E-state index in [0.29, 0.717) is 0 Å². The second-order valence-electron chi connectivity index (χ2n) is 22.3. The fourth-order valence-electron chi connectivity index (χ4n) is 14.6. The molecule has 4 heteroatoms. The molecular weight excluding hydrogens is 990 g/mol. The minimum atomic E-state index is -0.126. The Bertz CT molecular complexity index is 5250. The van der Waals surface area contributed by atoms with Gasteiger partial charge in [-0.1, -0.05) is 224 Å². The van der Waals surface area contributed by atoms with Crippen LogP contribution in [0.4, 0.5) is 34.1 Å². The maximum absolute atomic E-state index is 2.61. The molecular formula is C78H48BN3. The Kier molecular flexibility index (Phi) is 9.60. The largest absolute Gasteiger partial charge is 0.311 e. The van der Waals surface area contributed by atoms with Crippen LogP contribution in [0.15, 0.2) is 291 Å². The molecule has 0 saturated heterocycles. The smallest absolute Gasteiger partial charge is 0.252 e. The molecule has 0 atom stereocenters. The highest BCUT2D eigenvalue weighted by molar-refractivity contribution is 7.00. The van der Waals surface area contributed by atoms with Crippen LogP contribution in [0, 0.1) is 0 Å². The van der Waals surface area contributed by atoms with Gasteiger partial charge in [-0.2, -0.15) is 0 Å². The van der Waals surface area contributed by atoms with Gasteiger partial charge in [-0.3, -0.25) is 0 Å². The van der Waals surface area contributed by atoms with Gasteiger partial charge in [0.15, 0.2) is 0 Å². The summed E-state index contributed by atoms with van der Waals surface area (Å²) >= 11 is 0. The number of rotatable bonds is 5. The molecule has 2 aliphatic rings. The summed E-state index contributed by atoms with van der Waals surface area (Å²) in [5.74, 6) is 0. The predicted octanol–water partition coefficient (Wildman–Crippen LogP) is 19.1. The Morgan fingerprint density at radius 2 is 0.598 bits per heavy atom. The number of benzene rings is 15. The lowest BCUT2D eigenvalue weighted by Crippen LogP contribution is -2.61. The topological polar surface area (TPSA) is 11.4 Å². The second kappa shape index (κ2) is 17.4. The summed E-state index contributed by atoms with van der Waals surface area (Å²) in [5, 5.41) is 17.6. The average molecular weight is 1040 g/mol. The van der Waals surface area contributed by atoms with Gasteiger partial charge in [0.25, 0.3) is 6.71 Å². The third-order valence-electron chi connectivity index (χ3n) is 18.1. The van der Waals surface area contributed by atoms with Crippen LogP contribution in [0.2, 0.25) is 0 Å². The number of para-hydroxylation sites is 2. The Morgan fingerprint density at radius 1 is 0.207 bits per heavy atom. The minimum Gasteiger partial charge on any atom is -0.311 e. The van der Waals surface area contributed by atoms with Crippen LogP contribution in [0.1, 0.15) is 0 Å². The first kappa shape index (κ1) is 45.2. The van der Waals surface area contributed by atoms with Crippen LogP contribution in [-0.4, -0.2) is 11.3 Å². The molecule has 0 saturated carbocycles. The summed E-state index contributed by atoms with van der Waals surface area (Å²) in [6, 6.07) is 109. The SMILES string of the molecule is c1ccc(-c2ccc3c(c2)B2c4ccc(-n5c6ccccc6c6ccccc65)cc4N(c4ccc5c6ccccc6c6ccccc6c5c4)c4cc(-c5ccccc5)cc(c42)N3c2ccc3c4ccccc4c4ccccc4c3c2)cc1. The molecule has 378 valence electrons. The van der Waals surface area contributed by atoms with Crippen molar-refractivity contribution in [3.05, 3.63) is 291 Å². The normalized spacial score (nSPS) is 12.8. The zero-order valence-electron chi connectivity index (χ0n) is 44.6. The standard InChI is InChI=1S/C78H48BN3/c1-3-19-49(20-4-1)51-35-42-74-71(43-51)79-70-41-38-55(80-72-33-17-15-31-66(72)67-32-16-18-34-73(67)80)48-75(70)82(54-37-40-65-61-28-10-8-24-57(61)59-26-12-14-30-63(59)69(65)47-54)77-45-52(50-21-5-2-6-22-50)44-76(78(77)79)81(74)53-36-39-64-60-27-9-7-23-56(60)58-25-11-13-29-62(58)68(64)46-53/h1-48H. The highest BCUT2D eigenvalue weighted by Crippen LogP contribution is 2.50. The van der Waals surface area contributed by atoms with Gasteiger partial charge in [0.1, 0.15) is 0 Å². The van der Waals surface area contributed by atoms with E-state index >= 15 is 0 Å². The highest BCUT2D eigenvalue weighted by atomic mass is 15.2. The molecule has 2 aliphatic heterocycles. The molecule has 15 aromatic carbocycles. The number of hydrogen-bond donors (Lipinski definition) is 0. The fraction of sp³-hybridized carbons (Fsp3) is 0. The lowest BCUT2D eigenvalue weighted by atomic mass is 9.33. The van der Waals surface area contributed by atoms with Gasteiger partial charge in [-0.05, 0) is 170 Å². The van der Waals surface area contributed by atoms with E-state index in [9.17, 15) is 0 Å². The minimum absolute atomic E-state index is 0.126. The van der Waals surface area contributed by atoms with Crippen LogP contribution in [0.5, 0.6) is 0 Å². The van der Waals surface area contributed by atoms with Crippen LogP contribution in [-0.2, 0) is 0 Å². The summed E-state index contributed by atoms with van der Waals surface area (Å²) in [6.07, 6.45) is 0. The zero-order valence-corrected chi connectivity index (χ0v) is 44.6. The van der Waals surface area contributed by atoms with E-state index < -0.39 is 0 Å². The highest BCUT2D eigenvalue weighted by Gasteiger charge is 2.44. The van der Waals surface area contributed by atoms with Crippen molar-refractivity contribution in [1.82, 2.24) is 4.57 Å². The quantitative estimate of drug-likeness (QED) is 0.126. The van der Waals surface area contributed by atoms with Crippen molar-refractivity contribution in [3.8, 4) is 27.9 Å². The van der Waals surface area contributed by atoms with Crippen LogP contribution in [0.25, 0.3) is 114 Å². The molecule has 0 spiro atoms. The van der Waals surface area contributed by atoms with Gasteiger partial charge in [-0.25, -0.2) is 0 Å². The number of fused-ring (bicyclic) bond motifs is 19. The van der Waals surface area contributed by atoms with E-state index in [2.05, 4.69) is 306 Å². The first-order valence-electron chi connectivity index (χ1n) is 28.5. The summed E-state index contributed by atoms with van der Waals surface area (Å²) in [7, 11) is 0. The molecule has 1 aromatic heterocycles. The van der Waals surface area contributed by atoms with Gasteiger partial charge in [0.2, 0.25) is 0 Å². The van der Waals surface area contributed by atoms with Gasteiger partial charge >= 0.3 is 0 Å². The third kappa shape index (κ3) is 6.49. The van der Waals surface area contributed by atoms with Gasteiger partial charge in [0, 0.05) is 50.6 Å². The van der Waals surface area contributed by atoms with E-state index in [1.807, 2.05) is 0 Å². The maximum atomic E-state index is 2.61. The van der Waals surface area contributed by atoms with E-state index in [4.69, 9.17) is 0 Å². The van der Waals surface area contributed by atoms with Crippen molar-refractivity contribution in [2.24, 2.45) is 0 Å². The lowest BCUT2D eigenvalue weighted by molar-refractivity contribution is 1.17. The zero-order chi connectivity index (χ0) is 53.6. The fourth-order valence-corrected chi connectivity index (χ4v) is 14.6. The summed E-state index contributed by atoms with van der Waals surface area (Å²) < 4.78 is 2.47. The van der Waals surface area contributed by atoms with Crippen molar-refractivity contribution >= 4 is 144 Å². The molecule has 0 fully saturated rings. The summed E-state index contributed by atoms with van der Waals surface area (Å²) in [4.78, 5) is 5.20. The Morgan fingerprint density at radius 3 is 1.09 bits per heavy atom. The Labute approximate surface area is 474 Å². The number of aromatic nitrogens is 1. The van der Waals surface area contributed by atoms with Crippen molar-refractivity contribution in [1.29, 1.82) is 0 Å². The van der Waals surface area contributed by atoms with Gasteiger partial charge in [-0.15, -0.1) is 0 Å². The van der Waals surface area contributed by atoms with Gasteiger partial charge < -0.3 is 14.4 Å². The summed E-state index contributed by atoms with van der Waals surface area (Å²) in [6.45, 7) is -0.126. The summed E-state index contributed by atoms with van der Waals surface area (Å²) in [5.41, 5.74) is 18.9. The first-order chi connectivity index (χ1) is 40.7. The molecule has 82 heavy (non-hydrogen) atoms. The lowest BCUT2D eigenvalue weighted by Gasteiger charge is -2.45. The van der Waals surface area contributed by atoms with Crippen molar-refractivity contribution in [2.75, 3.05) is 9.80 Å².